The molecule has 1 saturated heterocycles. The van der Waals surface area contributed by atoms with Gasteiger partial charge in [0.15, 0.2) is 0 Å². The van der Waals surface area contributed by atoms with Crippen LogP contribution < -0.4 is 10.7 Å². The van der Waals surface area contributed by atoms with Crippen molar-refractivity contribution in [2.24, 2.45) is 0 Å². The summed E-state index contributed by atoms with van der Waals surface area (Å²) >= 11 is 0. The van der Waals surface area contributed by atoms with Crippen molar-refractivity contribution in [2.75, 3.05) is 26.7 Å². The van der Waals surface area contributed by atoms with E-state index in [2.05, 4.69) is 22.7 Å². The van der Waals surface area contributed by atoms with Crippen molar-refractivity contribution in [3.8, 4) is 0 Å². The number of hydrazine groups is 1. The van der Waals surface area contributed by atoms with Gasteiger partial charge in [-0.05, 0) is 33.0 Å². The lowest BCUT2D eigenvalue weighted by molar-refractivity contribution is 0.120. The maximum Gasteiger partial charge on any atom is 0.0267 e. The fourth-order valence-corrected chi connectivity index (χ4v) is 1.72. The van der Waals surface area contributed by atoms with E-state index in [0.717, 1.165) is 12.6 Å². The average Bonchev–Trinajstić information content (AvgIpc) is 2.09. The van der Waals surface area contributed by atoms with E-state index < -0.39 is 0 Å². The first-order valence-electron chi connectivity index (χ1n) is 4.53. The van der Waals surface area contributed by atoms with Gasteiger partial charge in [0.25, 0.3) is 0 Å². The van der Waals surface area contributed by atoms with Crippen LogP contribution in [-0.2, 0) is 0 Å². The third kappa shape index (κ3) is 2.43. The van der Waals surface area contributed by atoms with Gasteiger partial charge in [0.2, 0.25) is 0 Å². The summed E-state index contributed by atoms with van der Waals surface area (Å²) in [5.41, 5.74) is 3.23. The molecule has 1 heterocycles. The Labute approximate surface area is 69.1 Å². The van der Waals surface area contributed by atoms with Crippen LogP contribution in [0.15, 0.2) is 0 Å². The highest BCUT2D eigenvalue weighted by atomic mass is 15.5. The SMILES string of the molecule is CCN(NC)C1CCNCC1. The third-order valence-corrected chi connectivity index (χ3v) is 2.38. The van der Waals surface area contributed by atoms with E-state index >= 15 is 0 Å². The highest BCUT2D eigenvalue weighted by Crippen LogP contribution is 2.08. The Kier molecular flexibility index (Phi) is 3.83. The van der Waals surface area contributed by atoms with Crippen LogP contribution in [0.4, 0.5) is 0 Å². The van der Waals surface area contributed by atoms with Crippen molar-refractivity contribution in [3.05, 3.63) is 0 Å². The summed E-state index contributed by atoms with van der Waals surface area (Å²) < 4.78 is 0. The minimum Gasteiger partial charge on any atom is -0.317 e. The standard InChI is InChI=1S/C8H19N3/c1-3-11(9-2)8-4-6-10-7-5-8/h8-10H,3-7H2,1-2H3. The van der Waals surface area contributed by atoms with Crippen molar-refractivity contribution in [1.29, 1.82) is 0 Å². The Morgan fingerprint density at radius 1 is 1.45 bits per heavy atom. The molecule has 0 bridgehead atoms. The topological polar surface area (TPSA) is 27.3 Å². The normalized spacial score (nSPS) is 21.0. The van der Waals surface area contributed by atoms with Crippen LogP contribution in [0.3, 0.4) is 0 Å². The van der Waals surface area contributed by atoms with E-state index in [9.17, 15) is 0 Å². The second-order valence-electron chi connectivity index (χ2n) is 2.99. The van der Waals surface area contributed by atoms with Crippen LogP contribution in [0.25, 0.3) is 0 Å². The van der Waals surface area contributed by atoms with E-state index in [-0.39, 0.29) is 0 Å². The van der Waals surface area contributed by atoms with Gasteiger partial charge >= 0.3 is 0 Å². The van der Waals surface area contributed by atoms with Crippen molar-refractivity contribution < 1.29 is 0 Å². The van der Waals surface area contributed by atoms with Crippen LogP contribution in [0.1, 0.15) is 19.8 Å². The third-order valence-electron chi connectivity index (χ3n) is 2.38. The highest BCUT2D eigenvalue weighted by Gasteiger charge is 2.17. The van der Waals surface area contributed by atoms with Crippen molar-refractivity contribution in [3.63, 3.8) is 0 Å². The molecule has 0 aliphatic carbocycles. The van der Waals surface area contributed by atoms with Crippen LogP contribution in [-0.4, -0.2) is 37.7 Å². The van der Waals surface area contributed by atoms with Gasteiger partial charge in [-0.15, -0.1) is 0 Å². The average molecular weight is 157 g/mol. The van der Waals surface area contributed by atoms with E-state index in [1.165, 1.54) is 25.9 Å². The lowest BCUT2D eigenvalue weighted by Gasteiger charge is -2.32. The molecule has 0 spiro atoms. The largest absolute Gasteiger partial charge is 0.317 e. The molecular formula is C8H19N3. The number of rotatable bonds is 3. The Morgan fingerprint density at radius 2 is 2.09 bits per heavy atom. The van der Waals surface area contributed by atoms with Crippen LogP contribution in [0, 0.1) is 0 Å². The zero-order valence-electron chi connectivity index (χ0n) is 7.56. The van der Waals surface area contributed by atoms with Gasteiger partial charge in [-0.3, -0.25) is 5.43 Å². The lowest BCUT2D eigenvalue weighted by Crippen LogP contribution is -2.48. The molecule has 0 unspecified atom stereocenters. The summed E-state index contributed by atoms with van der Waals surface area (Å²) in [6, 6.07) is 0.742. The van der Waals surface area contributed by atoms with E-state index in [1.54, 1.807) is 0 Å². The Bertz CT molecular complexity index is 95.5. The molecule has 0 saturated carbocycles. The fourth-order valence-electron chi connectivity index (χ4n) is 1.72. The number of hydrogen-bond acceptors (Lipinski definition) is 3. The molecule has 11 heavy (non-hydrogen) atoms. The zero-order valence-corrected chi connectivity index (χ0v) is 7.56. The Morgan fingerprint density at radius 3 is 2.55 bits per heavy atom. The molecule has 0 amide bonds. The minimum atomic E-state index is 0.742. The van der Waals surface area contributed by atoms with Crippen LogP contribution in [0.5, 0.6) is 0 Å². The second kappa shape index (κ2) is 4.70. The van der Waals surface area contributed by atoms with Crippen molar-refractivity contribution in [1.82, 2.24) is 15.8 Å². The maximum absolute atomic E-state index is 3.36. The number of nitrogens with one attached hydrogen (secondary N) is 2. The molecule has 0 aromatic heterocycles. The van der Waals surface area contributed by atoms with Gasteiger partial charge in [0.05, 0.1) is 0 Å². The van der Waals surface area contributed by atoms with Crippen molar-refractivity contribution >= 4 is 0 Å². The molecule has 1 fully saturated rings. The molecule has 0 atom stereocenters. The van der Waals surface area contributed by atoms with Gasteiger partial charge in [-0.2, -0.15) is 0 Å². The molecule has 0 radical (unpaired) electrons. The highest BCUT2D eigenvalue weighted by molar-refractivity contribution is 4.74. The predicted molar refractivity (Wildman–Crippen MR) is 47.3 cm³/mol. The molecule has 3 heteroatoms. The Hall–Kier alpha value is -0.120. The van der Waals surface area contributed by atoms with Gasteiger partial charge in [0.1, 0.15) is 0 Å². The molecule has 1 aliphatic heterocycles. The monoisotopic (exact) mass is 157 g/mol. The second-order valence-corrected chi connectivity index (χ2v) is 2.99. The first-order chi connectivity index (χ1) is 5.38. The summed E-state index contributed by atoms with van der Waals surface area (Å²) in [6.07, 6.45) is 2.54. The zero-order chi connectivity index (χ0) is 8.10. The lowest BCUT2D eigenvalue weighted by atomic mass is 10.1. The molecule has 0 aromatic rings. The van der Waals surface area contributed by atoms with Crippen LogP contribution >= 0.6 is 0 Å². The molecular weight excluding hydrogens is 138 g/mol. The van der Waals surface area contributed by atoms with Gasteiger partial charge in [0, 0.05) is 12.6 Å². The van der Waals surface area contributed by atoms with E-state index in [1.807, 2.05) is 7.05 Å². The number of piperidine rings is 1. The predicted octanol–water partition coefficient (Wildman–Crippen LogP) is 0.195. The first-order valence-corrected chi connectivity index (χ1v) is 4.53. The van der Waals surface area contributed by atoms with Crippen LogP contribution in [0.2, 0.25) is 0 Å². The quantitative estimate of drug-likeness (QED) is 0.573. The fraction of sp³-hybridized carbons (Fsp3) is 1.00. The summed E-state index contributed by atoms with van der Waals surface area (Å²) in [5.74, 6) is 0. The molecule has 1 rings (SSSR count). The smallest absolute Gasteiger partial charge is 0.0267 e. The molecule has 2 N–H and O–H groups in total. The van der Waals surface area contributed by atoms with Gasteiger partial charge < -0.3 is 5.32 Å². The van der Waals surface area contributed by atoms with E-state index in [0.29, 0.717) is 0 Å². The number of hydrogen-bond donors (Lipinski definition) is 2. The Balaban J connectivity index is 2.30. The van der Waals surface area contributed by atoms with Gasteiger partial charge in [-0.25, -0.2) is 5.01 Å². The minimum absolute atomic E-state index is 0.742. The maximum atomic E-state index is 3.36. The first kappa shape index (κ1) is 8.97. The molecule has 3 nitrogen and oxygen atoms in total. The summed E-state index contributed by atoms with van der Waals surface area (Å²) in [5, 5.41) is 5.68. The van der Waals surface area contributed by atoms with Gasteiger partial charge in [-0.1, -0.05) is 6.92 Å². The van der Waals surface area contributed by atoms with E-state index in [4.69, 9.17) is 0 Å². The summed E-state index contributed by atoms with van der Waals surface area (Å²) in [6.45, 7) is 5.63. The number of nitrogens with zero attached hydrogens (tertiary/aromatic N) is 1. The van der Waals surface area contributed by atoms with Crippen molar-refractivity contribution in [2.45, 2.75) is 25.8 Å². The molecule has 1 aliphatic rings. The molecule has 0 aromatic carbocycles. The summed E-state index contributed by atoms with van der Waals surface area (Å²) in [4.78, 5) is 0. The summed E-state index contributed by atoms with van der Waals surface area (Å²) in [7, 11) is 2.01. The molecule has 66 valence electrons.